The molecule has 0 aromatic heterocycles. The molecule has 0 unspecified atom stereocenters. The molecule has 5 heavy (non-hydrogen) atoms. The van der Waals surface area contributed by atoms with Crippen LogP contribution in [0, 0.1) is 0 Å². The monoisotopic (exact) mass is 138 g/mol. The van der Waals surface area contributed by atoms with Crippen LogP contribution in [0.1, 0.15) is 0 Å². The van der Waals surface area contributed by atoms with E-state index in [0.29, 0.717) is 0 Å². The quantitative estimate of drug-likeness (QED) is 0.349. The van der Waals surface area contributed by atoms with Crippen LogP contribution in [-0.2, 0) is 0 Å². The second kappa shape index (κ2) is 76.8. The van der Waals surface area contributed by atoms with Crippen LogP contribution in [0.15, 0.2) is 0 Å². The molecular weight excluding hydrogens is 130 g/mol. The molecule has 0 aromatic rings. The lowest BCUT2D eigenvalue weighted by atomic mass is 16.0. The molecule has 0 saturated heterocycles. The van der Waals surface area contributed by atoms with E-state index in [1.165, 1.54) is 0 Å². The van der Waals surface area contributed by atoms with Crippen LogP contribution in [0.3, 0.4) is 0 Å². The molecule has 0 aliphatic rings. The summed E-state index contributed by atoms with van der Waals surface area (Å²) in [5, 5.41) is 0. The molecule has 2 nitrogen and oxygen atoms in total. The Bertz CT molecular complexity index is 7.61. The van der Waals surface area contributed by atoms with Gasteiger partial charge in [0.25, 0.3) is 0 Å². The highest BCUT2D eigenvalue weighted by Crippen LogP contribution is 0.691. The van der Waals surface area contributed by atoms with E-state index in [9.17, 15) is 0 Å². The van der Waals surface area contributed by atoms with Crippen LogP contribution in [0.2, 0.25) is 0 Å². The van der Waals surface area contributed by atoms with Gasteiger partial charge in [0, 0.05) is 0 Å². The summed E-state index contributed by atoms with van der Waals surface area (Å²) in [6, 6.07) is 0. The van der Waals surface area contributed by atoms with Crippen molar-refractivity contribution in [1.29, 1.82) is 0 Å². The number of rotatable bonds is 0. The Morgan fingerprint density at radius 1 is 0.600 bits per heavy atom. The summed E-state index contributed by atoms with van der Waals surface area (Å²) < 4.78 is 0. The van der Waals surface area contributed by atoms with Crippen molar-refractivity contribution in [3.8, 4) is 0 Å². The topological polar surface area (TPSA) is 63.0 Å². The SMILES string of the molecule is Cl.Cl.O.O.[AlH3]. The van der Waals surface area contributed by atoms with E-state index in [-0.39, 0.29) is 53.1 Å². The maximum atomic E-state index is 0. The van der Waals surface area contributed by atoms with Gasteiger partial charge in [-0.2, -0.15) is 0 Å². The second-order valence-electron chi connectivity index (χ2n) is 0. The molecule has 0 heterocycles. The molecule has 0 atom stereocenters. The lowest BCUT2D eigenvalue weighted by Crippen LogP contribution is -0.381. The second-order valence-corrected chi connectivity index (χ2v) is 0. The van der Waals surface area contributed by atoms with Crippen molar-refractivity contribution >= 4 is 42.2 Å². The minimum atomic E-state index is 0. The van der Waals surface area contributed by atoms with Gasteiger partial charge in [-0.25, -0.2) is 0 Å². The highest BCUT2D eigenvalue weighted by atomic mass is 35.5. The van der Waals surface area contributed by atoms with Gasteiger partial charge in [0.05, 0.1) is 0 Å². The fraction of sp³-hybridized carbons (Fsp3) is 0. The van der Waals surface area contributed by atoms with Crippen molar-refractivity contribution in [1.82, 2.24) is 0 Å². The molecule has 5 heteroatoms. The van der Waals surface area contributed by atoms with Crippen LogP contribution in [0.5, 0.6) is 0 Å². The summed E-state index contributed by atoms with van der Waals surface area (Å²) in [6.45, 7) is 0. The molecule has 0 spiro atoms. The summed E-state index contributed by atoms with van der Waals surface area (Å²) in [5.74, 6) is 0. The third-order valence-electron chi connectivity index (χ3n) is 0. The van der Waals surface area contributed by atoms with E-state index < -0.39 is 0 Å². The summed E-state index contributed by atoms with van der Waals surface area (Å²) in [7, 11) is 0. The summed E-state index contributed by atoms with van der Waals surface area (Å²) in [6.07, 6.45) is 0. The minimum Gasteiger partial charge on any atom is -0.412 e. The molecule has 0 bridgehead atoms. The van der Waals surface area contributed by atoms with E-state index >= 15 is 0 Å². The van der Waals surface area contributed by atoms with E-state index in [1.54, 1.807) is 0 Å². The van der Waals surface area contributed by atoms with Crippen LogP contribution >= 0.6 is 24.8 Å². The van der Waals surface area contributed by atoms with Gasteiger partial charge in [-0.15, -0.1) is 24.8 Å². The van der Waals surface area contributed by atoms with Crippen molar-refractivity contribution in [3.63, 3.8) is 0 Å². The molecule has 0 rings (SSSR count). The molecule has 0 saturated carbocycles. The molecule has 0 radical (unpaired) electrons. The molecule has 0 amide bonds. The molecular formula is H9AlCl2O2. The van der Waals surface area contributed by atoms with Crippen molar-refractivity contribution in [2.75, 3.05) is 0 Å². The number of halogens is 2. The van der Waals surface area contributed by atoms with Gasteiger partial charge in [-0.3, -0.25) is 0 Å². The summed E-state index contributed by atoms with van der Waals surface area (Å²) in [4.78, 5) is 0. The van der Waals surface area contributed by atoms with Crippen molar-refractivity contribution in [3.05, 3.63) is 0 Å². The van der Waals surface area contributed by atoms with Crippen LogP contribution in [0.4, 0.5) is 0 Å². The van der Waals surface area contributed by atoms with Crippen molar-refractivity contribution in [2.24, 2.45) is 0 Å². The zero-order valence-corrected chi connectivity index (χ0v) is 3.45. The first kappa shape index (κ1) is 143. The van der Waals surface area contributed by atoms with Crippen molar-refractivity contribution in [2.45, 2.75) is 0 Å². The Balaban J connectivity index is 0. The van der Waals surface area contributed by atoms with E-state index in [2.05, 4.69) is 0 Å². The molecule has 4 N–H and O–H groups in total. The van der Waals surface area contributed by atoms with Gasteiger partial charge in [0.1, 0.15) is 0 Å². The van der Waals surface area contributed by atoms with Gasteiger partial charge < -0.3 is 11.0 Å². The molecule has 0 aliphatic heterocycles. The normalized spacial score (nSPS) is 0. The summed E-state index contributed by atoms with van der Waals surface area (Å²) in [5.41, 5.74) is 0. The van der Waals surface area contributed by atoms with Crippen LogP contribution < -0.4 is 0 Å². The van der Waals surface area contributed by atoms with Crippen LogP contribution in [-0.4, -0.2) is 28.3 Å². The highest BCUT2D eigenvalue weighted by molar-refractivity contribution is 5.85. The van der Waals surface area contributed by atoms with Gasteiger partial charge in [0.15, 0.2) is 17.4 Å². The third kappa shape index (κ3) is 43.4. The molecule has 0 fully saturated rings. The zero-order valence-electron chi connectivity index (χ0n) is 1.82. The first-order valence-electron chi connectivity index (χ1n) is 0. The highest BCUT2D eigenvalue weighted by Gasteiger charge is 0.187. The molecule has 0 aliphatic carbocycles. The Morgan fingerprint density at radius 3 is 0.600 bits per heavy atom. The average Bonchev–Trinajstić information content (AvgIpc) is 0. The minimum absolute atomic E-state index is 0. The van der Waals surface area contributed by atoms with Gasteiger partial charge >= 0.3 is 0 Å². The Hall–Kier alpha value is 1.03. The largest absolute Gasteiger partial charge is 0.412 e. The fourth-order valence-corrected chi connectivity index (χ4v) is 0. The first-order chi connectivity index (χ1) is 0. The number of hydrogen-bond donors (Lipinski definition) is 0. The Morgan fingerprint density at radius 2 is 0.600 bits per heavy atom. The third-order valence-corrected chi connectivity index (χ3v) is 0. The van der Waals surface area contributed by atoms with E-state index in [1.807, 2.05) is 0 Å². The fourth-order valence-electron chi connectivity index (χ4n) is 0. The van der Waals surface area contributed by atoms with E-state index in [4.69, 9.17) is 0 Å². The molecule has 38 valence electrons. The molecule has 0 aromatic carbocycles. The smallest absolute Gasteiger partial charge is 0.187 e. The predicted octanol–water partition coefficient (Wildman–Crippen LogP) is -1.99. The Kier molecular flexibility index (Phi) is 2200. The van der Waals surface area contributed by atoms with Crippen molar-refractivity contribution < 1.29 is 11.0 Å². The average molecular weight is 139 g/mol. The van der Waals surface area contributed by atoms with Gasteiger partial charge in [-0.1, -0.05) is 0 Å². The summed E-state index contributed by atoms with van der Waals surface area (Å²) >= 11 is 0. The zero-order chi connectivity index (χ0) is 0. The van der Waals surface area contributed by atoms with E-state index in [0.717, 1.165) is 0 Å². The first-order valence-corrected chi connectivity index (χ1v) is 0. The number of hydrogen-bond acceptors (Lipinski definition) is 0. The standard InChI is InChI=1S/Al.2ClH.2H2O.3H/h;2*1H;2*1H2;;;. The predicted molar refractivity (Wildman–Crippen MR) is 31.7 cm³/mol. The van der Waals surface area contributed by atoms with Gasteiger partial charge in [-0.05, 0) is 0 Å². The lowest BCUT2D eigenvalue weighted by molar-refractivity contribution is 0.823. The lowest BCUT2D eigenvalue weighted by Gasteiger charge is -0.413. The Labute approximate surface area is 53.5 Å². The maximum Gasteiger partial charge on any atom is 0.187 e. The maximum absolute atomic E-state index is 0. The van der Waals surface area contributed by atoms with Gasteiger partial charge in [0.2, 0.25) is 0 Å². The van der Waals surface area contributed by atoms with Crippen LogP contribution in [0.25, 0.3) is 0 Å².